The maximum atomic E-state index is 14.7. The number of likely N-dealkylation sites (N-methyl/N-ethyl adjacent to an activating group) is 1. The number of carbonyl (C=O) groups excluding carboxylic acids is 5. The highest BCUT2D eigenvalue weighted by molar-refractivity contribution is 6.08. The van der Waals surface area contributed by atoms with Crippen LogP contribution in [0.4, 0.5) is 4.79 Å². The van der Waals surface area contributed by atoms with Crippen molar-refractivity contribution in [3.63, 3.8) is 0 Å². The molecule has 0 aromatic heterocycles. The minimum Gasteiger partial charge on any atom is -0.460 e. The van der Waals surface area contributed by atoms with Gasteiger partial charge in [-0.05, 0) is 108 Å². The van der Waals surface area contributed by atoms with Crippen LogP contribution in [0.1, 0.15) is 133 Å². The van der Waals surface area contributed by atoms with Crippen molar-refractivity contribution >= 4 is 29.5 Å². The van der Waals surface area contributed by atoms with Crippen LogP contribution in [0.2, 0.25) is 0 Å². The van der Waals surface area contributed by atoms with E-state index in [-0.39, 0.29) is 68.9 Å². The molecule has 0 radical (unpaired) electrons. The van der Waals surface area contributed by atoms with Crippen LogP contribution in [0.3, 0.4) is 0 Å². The van der Waals surface area contributed by atoms with Crippen LogP contribution >= 0.6 is 0 Å². The summed E-state index contributed by atoms with van der Waals surface area (Å²) in [6, 6.07) is -1.26. The van der Waals surface area contributed by atoms with E-state index in [9.17, 15) is 39.3 Å². The van der Waals surface area contributed by atoms with Crippen LogP contribution in [0.5, 0.6) is 0 Å². The van der Waals surface area contributed by atoms with Crippen LogP contribution in [0.25, 0.3) is 0 Å². The maximum absolute atomic E-state index is 14.7. The quantitative estimate of drug-likeness (QED) is 0.0377. The third-order valence-electron chi connectivity index (χ3n) is 15.8. The summed E-state index contributed by atoms with van der Waals surface area (Å²) >= 11 is 0. The molecular formula is C61H102N2O18. The minimum absolute atomic E-state index is 0.00190. The Morgan fingerprint density at radius 1 is 0.802 bits per heavy atom. The van der Waals surface area contributed by atoms with E-state index in [1.165, 1.54) is 7.11 Å². The molecular weight excluding hydrogens is 1050 g/mol. The number of fused-ring (bicyclic) bond motifs is 2. The Hall–Kier alpha value is -3.93. The Balaban J connectivity index is 1.87. The molecule has 20 heteroatoms. The number of alkyl carbamates (subject to hydrolysis) is 1. The first-order valence-electron chi connectivity index (χ1n) is 29.6. The van der Waals surface area contributed by atoms with Gasteiger partial charge in [-0.3, -0.25) is 14.4 Å². The molecule has 3 aliphatic rings. The van der Waals surface area contributed by atoms with Gasteiger partial charge in [-0.15, -0.1) is 0 Å². The molecule has 2 bridgehead atoms. The molecule has 2 fully saturated rings. The van der Waals surface area contributed by atoms with Gasteiger partial charge in [0.15, 0.2) is 5.78 Å². The fraction of sp³-hybridized carbons (Fsp3) is 0.787. The van der Waals surface area contributed by atoms with Crippen LogP contribution in [-0.4, -0.2) is 198 Å². The van der Waals surface area contributed by atoms with Gasteiger partial charge in [0.2, 0.25) is 5.78 Å². The summed E-state index contributed by atoms with van der Waals surface area (Å²) in [5.74, 6) is -7.22. The zero-order chi connectivity index (χ0) is 60.1. The fourth-order valence-corrected chi connectivity index (χ4v) is 11.0. The summed E-state index contributed by atoms with van der Waals surface area (Å²) in [6.45, 7) is 20.1. The third-order valence-corrected chi connectivity index (χ3v) is 15.8. The van der Waals surface area contributed by atoms with E-state index < -0.39 is 96.2 Å². The summed E-state index contributed by atoms with van der Waals surface area (Å²) in [5, 5.41) is 38.4. The van der Waals surface area contributed by atoms with E-state index in [1.807, 2.05) is 65.0 Å². The number of Topliss-reactive ketones (excluding diaryl/α,β-unsaturated/α-hetero) is 2. The van der Waals surface area contributed by atoms with Crippen LogP contribution < -0.4 is 5.32 Å². The summed E-state index contributed by atoms with van der Waals surface area (Å²) in [4.78, 5) is 71.0. The first-order valence-corrected chi connectivity index (χ1v) is 29.6. The molecule has 20 nitrogen and oxygen atoms in total. The Bertz CT molecular complexity index is 2010. The third kappa shape index (κ3) is 23.6. The van der Waals surface area contributed by atoms with E-state index >= 15 is 0 Å². The number of aliphatic hydroxyl groups is 3. The highest BCUT2D eigenvalue weighted by Gasteiger charge is 2.52. The molecule has 0 aromatic rings. The van der Waals surface area contributed by atoms with Gasteiger partial charge in [0, 0.05) is 72.1 Å². The van der Waals surface area contributed by atoms with Gasteiger partial charge in [-0.25, -0.2) is 9.59 Å². The number of nitrogens with zero attached hydrogens (tertiary/aromatic N) is 1. The van der Waals surface area contributed by atoms with Gasteiger partial charge >= 0.3 is 17.8 Å². The molecule has 15 atom stereocenters. The van der Waals surface area contributed by atoms with Crippen molar-refractivity contribution in [3.8, 4) is 0 Å². The highest BCUT2D eigenvalue weighted by atomic mass is 16.6. The second-order valence-corrected chi connectivity index (χ2v) is 22.1. The predicted octanol–water partition coefficient (Wildman–Crippen LogP) is 6.79. The normalized spacial score (nSPS) is 33.8. The molecule has 2 heterocycles. The molecule has 1 saturated heterocycles. The van der Waals surface area contributed by atoms with Gasteiger partial charge in [0.05, 0.1) is 70.7 Å². The Morgan fingerprint density at radius 3 is 2.09 bits per heavy atom. The zero-order valence-electron chi connectivity index (χ0n) is 50.8. The second kappa shape index (κ2) is 38.1. The maximum Gasteiger partial charge on any atom is 0.407 e. The molecule has 2 unspecified atom stereocenters. The van der Waals surface area contributed by atoms with E-state index in [0.29, 0.717) is 96.8 Å². The van der Waals surface area contributed by atoms with Crippen molar-refractivity contribution < 1.29 is 86.7 Å². The number of rotatable bonds is 22. The van der Waals surface area contributed by atoms with Crippen LogP contribution in [-0.2, 0) is 66.5 Å². The van der Waals surface area contributed by atoms with Gasteiger partial charge in [0.25, 0.3) is 5.91 Å². The van der Waals surface area contributed by atoms with Crippen molar-refractivity contribution in [3.05, 3.63) is 47.6 Å². The van der Waals surface area contributed by atoms with Gasteiger partial charge < -0.3 is 72.9 Å². The average molecular weight is 1150 g/mol. The number of ether oxygens (including phenoxy) is 10. The largest absolute Gasteiger partial charge is 0.460 e. The van der Waals surface area contributed by atoms with E-state index in [2.05, 4.69) is 5.32 Å². The van der Waals surface area contributed by atoms with Crippen molar-refractivity contribution in [2.45, 2.75) is 194 Å². The number of nitrogens with one attached hydrogen (secondary N) is 1. The summed E-state index contributed by atoms with van der Waals surface area (Å²) in [7, 11) is 4.50. The number of hydrogen-bond acceptors (Lipinski definition) is 18. The van der Waals surface area contributed by atoms with Crippen LogP contribution in [0, 0.1) is 29.6 Å². The number of allylic oxidation sites excluding steroid dienone is 5. The zero-order valence-corrected chi connectivity index (χ0v) is 50.8. The standard InChI is InChI=1S/C61H102N2O18/c1-13-48-58(68)79-52(43(7)36-46-24-25-50(53(37-46)73-11)80-60(70)62-26-27-76-30-31-78-33-32-77-29-28-75-15-3)39-49(64)42(6)35-45(9)56(67)57(74-12)55(66)44(8)34-40(4)20-17-16-18-21-41(5)51(72-10)38-47-22-19-23-54(65)61(71,81-47)59(69)63(48)14-2/h16-18,20-21,35,40,42-44,46-53,56-57,64,67,71H,13-15,19,22-34,36-39H2,1-12H3,(H,62,70)/b18-16+,20-17+,41-21+,45-35+/t40-,42-,43-,44-,46+,47+,48+,49-,50-,51+,52?,53-,56-,57+,61?/m1/s1. The molecule has 3 rings (SSSR count). The topological polar surface area (TPSA) is 254 Å². The number of cyclic esters (lactones) is 1. The number of esters is 1. The lowest BCUT2D eigenvalue weighted by molar-refractivity contribution is -0.229. The Morgan fingerprint density at radius 2 is 1.47 bits per heavy atom. The first-order chi connectivity index (χ1) is 38.7. The fourth-order valence-electron chi connectivity index (χ4n) is 11.0. The van der Waals surface area contributed by atoms with E-state index in [0.717, 1.165) is 10.5 Å². The van der Waals surface area contributed by atoms with Gasteiger partial charge in [-0.1, -0.05) is 71.1 Å². The second-order valence-electron chi connectivity index (χ2n) is 22.1. The Labute approximate surface area is 482 Å². The number of methoxy groups -OCH3 is 3. The van der Waals surface area contributed by atoms with Crippen molar-refractivity contribution in [2.75, 3.05) is 87.3 Å². The number of hydrogen-bond donors (Lipinski definition) is 4. The van der Waals surface area contributed by atoms with Gasteiger partial charge in [-0.2, -0.15) is 0 Å². The molecule has 1 aliphatic carbocycles. The molecule has 0 aromatic carbocycles. The molecule has 2 aliphatic heterocycles. The predicted molar refractivity (Wildman–Crippen MR) is 305 cm³/mol. The summed E-state index contributed by atoms with van der Waals surface area (Å²) in [6.07, 6.45) is 7.37. The molecule has 2 amide bonds. The number of amides is 2. The smallest absolute Gasteiger partial charge is 0.407 e. The Kier molecular flexibility index (Phi) is 33.6. The van der Waals surface area contributed by atoms with Crippen LogP contribution in [0.15, 0.2) is 47.6 Å². The molecule has 81 heavy (non-hydrogen) atoms. The highest BCUT2D eigenvalue weighted by Crippen LogP contribution is 2.36. The van der Waals surface area contributed by atoms with Crippen molar-refractivity contribution in [1.82, 2.24) is 10.2 Å². The number of carbonyl (C=O) groups is 5. The molecule has 0 spiro atoms. The lowest BCUT2D eigenvalue weighted by Crippen LogP contribution is -2.60. The monoisotopic (exact) mass is 1150 g/mol. The SMILES string of the molecule is CCOCCOCCOCCOCCNC(=O)O[C@@H]1CC[C@@H](C[C@@H](C)C2C[C@@H](O)[C@H](C)/C=C(\C)[C@@H](O)[C@@H](OC)C(=O)[C@H](C)C[C@H](C)/C=C/C=C/C=C(\C)[C@@H](OC)C[C@@H]3CCCC(=O)C(O)(O3)C(=O)N(CC)[C@@H](CC)C(=O)O2)C[C@H]1OC. The summed E-state index contributed by atoms with van der Waals surface area (Å²) < 4.78 is 57.5. The number of ketones is 2. The molecule has 4 N–H and O–H groups in total. The van der Waals surface area contributed by atoms with E-state index in [1.54, 1.807) is 48.0 Å². The van der Waals surface area contributed by atoms with E-state index in [4.69, 9.17) is 47.4 Å². The number of aliphatic hydroxyl groups excluding tert-OH is 2. The molecule has 464 valence electrons. The van der Waals surface area contributed by atoms with Crippen molar-refractivity contribution in [2.24, 2.45) is 29.6 Å². The molecule has 1 saturated carbocycles. The summed E-state index contributed by atoms with van der Waals surface area (Å²) in [5.41, 5.74) is 1.25. The lowest BCUT2D eigenvalue weighted by Gasteiger charge is -2.38. The first kappa shape index (κ1) is 71.3. The van der Waals surface area contributed by atoms with Gasteiger partial charge in [0.1, 0.15) is 30.5 Å². The lowest BCUT2D eigenvalue weighted by atomic mass is 9.78. The average Bonchev–Trinajstić information content (AvgIpc) is 3.60. The minimum atomic E-state index is -2.88. The van der Waals surface area contributed by atoms with Crippen molar-refractivity contribution in [1.29, 1.82) is 0 Å².